The maximum absolute atomic E-state index is 4.44. The molecule has 2 aliphatic rings. The lowest BCUT2D eigenvalue weighted by atomic mass is 9.83. The second-order valence-corrected chi connectivity index (χ2v) is 6.14. The van der Waals surface area contributed by atoms with Crippen LogP contribution in [0.15, 0.2) is 42.5 Å². The standard InChI is InChI=1S/C17H20N4/c1-20-11-14-9-10-21(12-16(14)20)17-8-7-15(18-19-17)13-5-3-2-4-6-13/h2-8,14,16H,9-12H2,1H3. The van der Waals surface area contributed by atoms with Crippen molar-refractivity contribution in [2.45, 2.75) is 12.5 Å². The molecule has 0 saturated carbocycles. The van der Waals surface area contributed by atoms with Crippen LogP contribution in [0, 0.1) is 5.92 Å². The van der Waals surface area contributed by atoms with Gasteiger partial charge in [0.05, 0.1) is 5.69 Å². The highest BCUT2D eigenvalue weighted by Crippen LogP contribution is 2.32. The van der Waals surface area contributed by atoms with Crippen molar-refractivity contribution in [3.63, 3.8) is 0 Å². The average Bonchev–Trinajstić information content (AvgIpc) is 2.55. The molecule has 108 valence electrons. The van der Waals surface area contributed by atoms with Crippen molar-refractivity contribution in [3.8, 4) is 11.3 Å². The van der Waals surface area contributed by atoms with E-state index in [4.69, 9.17) is 0 Å². The molecule has 0 amide bonds. The largest absolute Gasteiger partial charge is 0.354 e. The van der Waals surface area contributed by atoms with Gasteiger partial charge in [0.15, 0.2) is 5.82 Å². The van der Waals surface area contributed by atoms with Crippen molar-refractivity contribution in [3.05, 3.63) is 42.5 Å². The molecule has 4 rings (SSSR count). The fourth-order valence-electron chi connectivity index (χ4n) is 3.52. The second kappa shape index (κ2) is 5.11. The maximum Gasteiger partial charge on any atom is 0.151 e. The Kier molecular flexibility index (Phi) is 3.11. The summed E-state index contributed by atoms with van der Waals surface area (Å²) in [5.74, 6) is 1.90. The Bertz CT molecular complexity index is 610. The van der Waals surface area contributed by atoms with Crippen LogP contribution in [0.1, 0.15) is 6.42 Å². The van der Waals surface area contributed by atoms with Crippen LogP contribution in [0.3, 0.4) is 0 Å². The first kappa shape index (κ1) is 12.8. The molecule has 1 aromatic heterocycles. The van der Waals surface area contributed by atoms with Crippen LogP contribution < -0.4 is 4.90 Å². The van der Waals surface area contributed by atoms with Crippen molar-refractivity contribution < 1.29 is 0 Å². The van der Waals surface area contributed by atoms with Gasteiger partial charge in [-0.15, -0.1) is 10.2 Å². The first-order valence-corrected chi connectivity index (χ1v) is 7.65. The molecule has 1 aromatic carbocycles. The molecule has 4 heteroatoms. The lowest BCUT2D eigenvalue weighted by Gasteiger charge is -2.52. The van der Waals surface area contributed by atoms with E-state index in [0.717, 1.165) is 36.1 Å². The summed E-state index contributed by atoms with van der Waals surface area (Å²) in [6, 6.07) is 15.1. The van der Waals surface area contributed by atoms with Crippen LogP contribution in [0.25, 0.3) is 11.3 Å². The van der Waals surface area contributed by atoms with Gasteiger partial charge in [-0.3, -0.25) is 0 Å². The lowest BCUT2D eigenvalue weighted by molar-refractivity contribution is 0.0277. The van der Waals surface area contributed by atoms with E-state index < -0.39 is 0 Å². The van der Waals surface area contributed by atoms with Gasteiger partial charge in [0.1, 0.15) is 0 Å². The highest BCUT2D eigenvalue weighted by Gasteiger charge is 2.40. The van der Waals surface area contributed by atoms with E-state index in [2.05, 4.69) is 51.3 Å². The third-order valence-electron chi connectivity index (χ3n) is 4.85. The van der Waals surface area contributed by atoms with E-state index in [1.165, 1.54) is 13.0 Å². The summed E-state index contributed by atoms with van der Waals surface area (Å²) in [5, 5.41) is 8.84. The fourth-order valence-corrected chi connectivity index (χ4v) is 3.52. The summed E-state index contributed by atoms with van der Waals surface area (Å²) < 4.78 is 0. The molecule has 2 atom stereocenters. The highest BCUT2D eigenvalue weighted by atomic mass is 15.3. The average molecular weight is 280 g/mol. The van der Waals surface area contributed by atoms with Crippen molar-refractivity contribution in [1.82, 2.24) is 15.1 Å². The number of likely N-dealkylation sites (tertiary alicyclic amines) is 1. The van der Waals surface area contributed by atoms with Gasteiger partial charge in [-0.2, -0.15) is 0 Å². The van der Waals surface area contributed by atoms with Gasteiger partial charge in [0.25, 0.3) is 0 Å². The minimum Gasteiger partial charge on any atom is -0.354 e. The number of benzene rings is 1. The van der Waals surface area contributed by atoms with Crippen LogP contribution in [0.5, 0.6) is 0 Å². The zero-order valence-corrected chi connectivity index (χ0v) is 12.3. The van der Waals surface area contributed by atoms with Crippen LogP contribution >= 0.6 is 0 Å². The first-order chi connectivity index (χ1) is 10.3. The number of aromatic nitrogens is 2. The molecule has 2 saturated heterocycles. The van der Waals surface area contributed by atoms with Crippen LogP contribution in [0.4, 0.5) is 5.82 Å². The molecule has 0 radical (unpaired) electrons. The number of nitrogens with zero attached hydrogens (tertiary/aromatic N) is 4. The van der Waals surface area contributed by atoms with Gasteiger partial charge < -0.3 is 9.80 Å². The van der Waals surface area contributed by atoms with Crippen LogP contribution in [-0.2, 0) is 0 Å². The molecular formula is C17H20N4. The topological polar surface area (TPSA) is 32.3 Å². The van der Waals surface area contributed by atoms with Gasteiger partial charge in [0.2, 0.25) is 0 Å². The summed E-state index contributed by atoms with van der Waals surface area (Å²) in [6.45, 7) is 3.45. The fraction of sp³-hybridized carbons (Fsp3) is 0.412. The van der Waals surface area contributed by atoms with Crippen molar-refractivity contribution in [2.75, 3.05) is 31.6 Å². The number of likely N-dealkylation sites (N-methyl/N-ethyl adjacent to an activating group) is 1. The predicted molar refractivity (Wildman–Crippen MR) is 84.2 cm³/mol. The smallest absolute Gasteiger partial charge is 0.151 e. The Morgan fingerprint density at radius 1 is 1.00 bits per heavy atom. The molecule has 2 fully saturated rings. The molecule has 4 nitrogen and oxygen atoms in total. The van der Waals surface area contributed by atoms with E-state index in [1.807, 2.05) is 18.2 Å². The number of hydrogen-bond acceptors (Lipinski definition) is 4. The molecule has 2 aliphatic heterocycles. The molecule has 21 heavy (non-hydrogen) atoms. The van der Waals surface area contributed by atoms with Gasteiger partial charge in [-0.05, 0) is 31.5 Å². The molecular weight excluding hydrogens is 260 g/mol. The Hall–Kier alpha value is -1.94. The summed E-state index contributed by atoms with van der Waals surface area (Å²) in [5.41, 5.74) is 2.06. The van der Waals surface area contributed by atoms with Gasteiger partial charge in [-0.25, -0.2) is 0 Å². The third-order valence-corrected chi connectivity index (χ3v) is 4.85. The zero-order chi connectivity index (χ0) is 14.2. The minimum absolute atomic E-state index is 0.703. The summed E-state index contributed by atoms with van der Waals surface area (Å²) >= 11 is 0. The van der Waals surface area contributed by atoms with Crippen molar-refractivity contribution in [2.24, 2.45) is 5.92 Å². The van der Waals surface area contributed by atoms with E-state index in [-0.39, 0.29) is 0 Å². The first-order valence-electron chi connectivity index (χ1n) is 7.65. The Morgan fingerprint density at radius 3 is 2.57 bits per heavy atom. The molecule has 2 unspecified atom stereocenters. The number of fused-ring (bicyclic) bond motifs is 1. The predicted octanol–water partition coefficient (Wildman–Crippen LogP) is 2.28. The Morgan fingerprint density at radius 2 is 1.86 bits per heavy atom. The maximum atomic E-state index is 4.44. The summed E-state index contributed by atoms with van der Waals surface area (Å²) in [7, 11) is 2.22. The highest BCUT2D eigenvalue weighted by molar-refractivity contribution is 5.59. The van der Waals surface area contributed by atoms with E-state index in [0.29, 0.717) is 6.04 Å². The zero-order valence-electron chi connectivity index (χ0n) is 12.3. The van der Waals surface area contributed by atoms with E-state index in [1.54, 1.807) is 0 Å². The van der Waals surface area contributed by atoms with E-state index >= 15 is 0 Å². The molecule has 0 aliphatic carbocycles. The number of hydrogen-bond donors (Lipinski definition) is 0. The van der Waals surface area contributed by atoms with Crippen LogP contribution in [0.2, 0.25) is 0 Å². The third kappa shape index (κ3) is 2.29. The summed E-state index contributed by atoms with van der Waals surface area (Å²) in [6.07, 6.45) is 1.27. The number of rotatable bonds is 2. The van der Waals surface area contributed by atoms with Gasteiger partial charge in [-0.1, -0.05) is 30.3 Å². The SMILES string of the molecule is CN1CC2CCN(c3ccc(-c4ccccc4)nn3)CC21. The Balaban J connectivity index is 1.51. The molecule has 0 N–H and O–H groups in total. The monoisotopic (exact) mass is 280 g/mol. The minimum atomic E-state index is 0.703. The second-order valence-electron chi connectivity index (χ2n) is 6.14. The van der Waals surface area contributed by atoms with Crippen molar-refractivity contribution in [1.29, 1.82) is 0 Å². The van der Waals surface area contributed by atoms with Gasteiger partial charge in [0, 0.05) is 31.2 Å². The Labute approximate surface area is 125 Å². The molecule has 0 bridgehead atoms. The quantitative estimate of drug-likeness (QED) is 0.845. The number of piperidine rings is 1. The lowest BCUT2D eigenvalue weighted by Crippen LogP contribution is -2.62. The van der Waals surface area contributed by atoms with Gasteiger partial charge >= 0.3 is 0 Å². The number of anilines is 1. The molecule has 3 heterocycles. The summed E-state index contributed by atoms with van der Waals surface area (Å²) in [4.78, 5) is 4.82. The normalized spacial score (nSPS) is 25.3. The van der Waals surface area contributed by atoms with Crippen LogP contribution in [-0.4, -0.2) is 47.8 Å². The molecule has 0 spiro atoms. The van der Waals surface area contributed by atoms with Crippen molar-refractivity contribution >= 4 is 5.82 Å². The molecule has 2 aromatic rings. The van der Waals surface area contributed by atoms with E-state index in [9.17, 15) is 0 Å².